The Morgan fingerprint density at radius 1 is 1.58 bits per heavy atom. The lowest BCUT2D eigenvalue weighted by Gasteiger charge is -2.29. The van der Waals surface area contributed by atoms with Gasteiger partial charge in [0, 0.05) is 5.56 Å². The van der Waals surface area contributed by atoms with Crippen molar-refractivity contribution in [3.63, 3.8) is 0 Å². The van der Waals surface area contributed by atoms with Crippen molar-refractivity contribution in [1.29, 1.82) is 0 Å². The van der Waals surface area contributed by atoms with E-state index in [1.807, 2.05) is 6.07 Å². The molecule has 1 fully saturated rings. The largest absolute Gasteiger partial charge is 0.457 e. The summed E-state index contributed by atoms with van der Waals surface area (Å²) >= 11 is 3.21. The molecule has 1 unspecified atom stereocenters. The van der Waals surface area contributed by atoms with Gasteiger partial charge in [-0.05, 0) is 40.8 Å². The Hall–Kier alpha value is -0.280. The van der Waals surface area contributed by atoms with E-state index in [0.29, 0.717) is 10.6 Å². The van der Waals surface area contributed by atoms with Crippen LogP contribution in [0.3, 0.4) is 0 Å². The molecule has 1 aromatic heterocycles. The highest BCUT2D eigenvalue weighted by molar-refractivity contribution is 9.10. The van der Waals surface area contributed by atoms with E-state index in [9.17, 15) is 5.11 Å². The van der Waals surface area contributed by atoms with E-state index < -0.39 is 0 Å². The second-order valence-corrected chi connectivity index (χ2v) is 4.10. The van der Waals surface area contributed by atoms with Gasteiger partial charge in [-0.25, -0.2) is 0 Å². The molecule has 0 bridgehead atoms. The maximum atomic E-state index is 9.77. The van der Waals surface area contributed by atoms with Crippen LogP contribution in [0.25, 0.3) is 0 Å². The highest BCUT2D eigenvalue weighted by atomic mass is 79.9. The van der Waals surface area contributed by atoms with Crippen LogP contribution in [0.5, 0.6) is 0 Å². The summed E-state index contributed by atoms with van der Waals surface area (Å²) in [7, 11) is 0. The zero-order valence-corrected chi connectivity index (χ0v) is 8.25. The third-order valence-electron chi connectivity index (χ3n) is 2.53. The second kappa shape index (κ2) is 3.23. The highest BCUT2D eigenvalue weighted by Gasteiger charge is 2.27. The summed E-state index contributed by atoms with van der Waals surface area (Å²) in [5.41, 5.74) is 0.895. The fourth-order valence-electron chi connectivity index (χ4n) is 1.51. The minimum atomic E-state index is -0.325. The average Bonchev–Trinajstić information content (AvgIpc) is 2.31. The van der Waals surface area contributed by atoms with E-state index in [-0.39, 0.29) is 6.10 Å². The number of furan rings is 1. The number of aliphatic hydroxyl groups excluding tert-OH is 1. The van der Waals surface area contributed by atoms with Crippen LogP contribution in [0.1, 0.15) is 30.9 Å². The summed E-state index contributed by atoms with van der Waals surface area (Å²) < 4.78 is 5.75. The molecule has 0 aliphatic heterocycles. The number of halogens is 1. The van der Waals surface area contributed by atoms with Crippen molar-refractivity contribution in [2.24, 2.45) is 5.92 Å². The third kappa shape index (κ3) is 1.43. The number of aliphatic hydroxyl groups is 1. The summed E-state index contributed by atoms with van der Waals surface area (Å²) in [5.74, 6) is 0.453. The first-order valence-electron chi connectivity index (χ1n) is 4.19. The number of hydrogen-bond donors (Lipinski definition) is 1. The Balaban J connectivity index is 2.08. The van der Waals surface area contributed by atoms with Gasteiger partial charge in [0.05, 0.1) is 12.4 Å². The molecule has 1 N–H and O–H groups in total. The molecule has 2 rings (SSSR count). The van der Waals surface area contributed by atoms with E-state index in [4.69, 9.17) is 4.42 Å². The summed E-state index contributed by atoms with van der Waals surface area (Å²) in [6.07, 6.45) is 4.83. The quantitative estimate of drug-likeness (QED) is 0.848. The fourth-order valence-corrected chi connectivity index (χ4v) is 1.86. The van der Waals surface area contributed by atoms with Crippen LogP contribution in [0, 0.1) is 5.92 Å². The topological polar surface area (TPSA) is 33.4 Å². The third-order valence-corrected chi connectivity index (χ3v) is 2.94. The van der Waals surface area contributed by atoms with Crippen LogP contribution in [0.15, 0.2) is 21.4 Å². The molecule has 0 spiro atoms. The summed E-state index contributed by atoms with van der Waals surface area (Å²) in [6, 6.07) is 1.84. The first kappa shape index (κ1) is 8.32. The maximum absolute atomic E-state index is 9.77. The minimum Gasteiger partial charge on any atom is -0.457 e. The molecule has 12 heavy (non-hydrogen) atoms. The van der Waals surface area contributed by atoms with Gasteiger partial charge in [-0.15, -0.1) is 0 Å². The summed E-state index contributed by atoms with van der Waals surface area (Å²) in [5, 5.41) is 9.77. The van der Waals surface area contributed by atoms with Crippen molar-refractivity contribution in [1.82, 2.24) is 0 Å². The molecule has 2 nitrogen and oxygen atoms in total. The highest BCUT2D eigenvalue weighted by Crippen LogP contribution is 2.38. The van der Waals surface area contributed by atoms with Crippen LogP contribution in [0.4, 0.5) is 0 Å². The Labute approximate surface area is 79.7 Å². The van der Waals surface area contributed by atoms with E-state index in [1.54, 1.807) is 6.26 Å². The Morgan fingerprint density at radius 3 is 2.75 bits per heavy atom. The number of hydrogen-bond acceptors (Lipinski definition) is 2. The molecule has 1 heterocycles. The van der Waals surface area contributed by atoms with Crippen LogP contribution >= 0.6 is 15.9 Å². The maximum Gasteiger partial charge on any atom is 0.169 e. The van der Waals surface area contributed by atoms with Gasteiger partial charge in [0.15, 0.2) is 4.67 Å². The molecule has 66 valence electrons. The summed E-state index contributed by atoms with van der Waals surface area (Å²) in [4.78, 5) is 0. The summed E-state index contributed by atoms with van der Waals surface area (Å²) in [6.45, 7) is 0. The van der Waals surface area contributed by atoms with Crippen LogP contribution in [-0.2, 0) is 0 Å². The zero-order valence-electron chi connectivity index (χ0n) is 6.66. The average molecular weight is 231 g/mol. The first-order chi connectivity index (χ1) is 5.77. The lowest BCUT2D eigenvalue weighted by atomic mass is 9.79. The lowest BCUT2D eigenvalue weighted by Crippen LogP contribution is -2.19. The van der Waals surface area contributed by atoms with Crippen molar-refractivity contribution in [3.05, 3.63) is 22.6 Å². The molecule has 1 saturated carbocycles. The van der Waals surface area contributed by atoms with Gasteiger partial charge >= 0.3 is 0 Å². The molecule has 1 aliphatic rings. The van der Waals surface area contributed by atoms with Gasteiger partial charge in [0.25, 0.3) is 0 Å². The molecule has 0 aromatic carbocycles. The Morgan fingerprint density at radius 2 is 2.33 bits per heavy atom. The SMILES string of the molecule is OC(c1coc(Br)c1)C1CCC1. The van der Waals surface area contributed by atoms with E-state index in [1.165, 1.54) is 6.42 Å². The smallest absolute Gasteiger partial charge is 0.169 e. The second-order valence-electron chi connectivity index (χ2n) is 3.32. The van der Waals surface area contributed by atoms with Gasteiger partial charge < -0.3 is 9.52 Å². The van der Waals surface area contributed by atoms with Crippen LogP contribution < -0.4 is 0 Å². The Bertz CT molecular complexity index is 265. The van der Waals surface area contributed by atoms with Gasteiger partial charge in [-0.3, -0.25) is 0 Å². The predicted molar refractivity (Wildman–Crippen MR) is 48.7 cm³/mol. The van der Waals surface area contributed by atoms with Crippen molar-refractivity contribution in [3.8, 4) is 0 Å². The molecule has 1 aliphatic carbocycles. The standard InChI is InChI=1S/C9H11BrO2/c10-8-4-7(5-12-8)9(11)6-2-1-3-6/h4-6,9,11H,1-3H2. The molecule has 1 atom stereocenters. The van der Waals surface area contributed by atoms with Crippen molar-refractivity contribution >= 4 is 15.9 Å². The minimum absolute atomic E-state index is 0.325. The van der Waals surface area contributed by atoms with Gasteiger partial charge in [0.2, 0.25) is 0 Å². The van der Waals surface area contributed by atoms with Gasteiger partial charge in [-0.2, -0.15) is 0 Å². The van der Waals surface area contributed by atoms with Crippen molar-refractivity contribution < 1.29 is 9.52 Å². The number of rotatable bonds is 2. The van der Waals surface area contributed by atoms with Crippen molar-refractivity contribution in [2.45, 2.75) is 25.4 Å². The monoisotopic (exact) mass is 230 g/mol. The normalized spacial score (nSPS) is 20.5. The lowest BCUT2D eigenvalue weighted by molar-refractivity contribution is 0.0616. The molecular weight excluding hydrogens is 220 g/mol. The van der Waals surface area contributed by atoms with Crippen LogP contribution in [0.2, 0.25) is 0 Å². The molecule has 1 aromatic rings. The molecule has 0 radical (unpaired) electrons. The first-order valence-corrected chi connectivity index (χ1v) is 4.98. The Kier molecular flexibility index (Phi) is 2.24. The fraction of sp³-hybridized carbons (Fsp3) is 0.556. The van der Waals surface area contributed by atoms with Crippen LogP contribution in [-0.4, -0.2) is 5.11 Å². The molecular formula is C9H11BrO2. The van der Waals surface area contributed by atoms with E-state index >= 15 is 0 Å². The molecule has 0 amide bonds. The predicted octanol–water partition coefficient (Wildman–Crippen LogP) is 2.88. The van der Waals surface area contributed by atoms with Gasteiger partial charge in [-0.1, -0.05) is 6.42 Å². The molecule has 3 heteroatoms. The zero-order chi connectivity index (χ0) is 8.55. The van der Waals surface area contributed by atoms with E-state index in [0.717, 1.165) is 18.4 Å². The molecule has 0 saturated heterocycles. The van der Waals surface area contributed by atoms with Crippen molar-refractivity contribution in [2.75, 3.05) is 0 Å². The van der Waals surface area contributed by atoms with E-state index in [2.05, 4.69) is 15.9 Å². The van der Waals surface area contributed by atoms with Gasteiger partial charge in [0.1, 0.15) is 0 Å².